The van der Waals surface area contributed by atoms with Crippen molar-refractivity contribution >= 4 is 11.9 Å². The van der Waals surface area contributed by atoms with Gasteiger partial charge < -0.3 is 10.4 Å². The van der Waals surface area contributed by atoms with Crippen LogP contribution in [0.4, 0.5) is 0 Å². The van der Waals surface area contributed by atoms with Crippen molar-refractivity contribution in [2.45, 2.75) is 64.8 Å². The number of hydrogen-bond acceptors (Lipinski definition) is 2. The Bertz CT molecular complexity index is 283. The third kappa shape index (κ3) is 5.52. The molecule has 0 bridgehead atoms. The van der Waals surface area contributed by atoms with Crippen molar-refractivity contribution in [1.29, 1.82) is 0 Å². The van der Waals surface area contributed by atoms with Crippen molar-refractivity contribution in [1.82, 2.24) is 5.32 Å². The molecule has 1 unspecified atom stereocenters. The Morgan fingerprint density at radius 3 is 2.33 bits per heavy atom. The van der Waals surface area contributed by atoms with Gasteiger partial charge in [0, 0.05) is 12.5 Å². The first-order chi connectivity index (χ1) is 8.49. The third-order valence-corrected chi connectivity index (χ3v) is 3.74. The van der Waals surface area contributed by atoms with Gasteiger partial charge in [0.2, 0.25) is 5.91 Å². The van der Waals surface area contributed by atoms with Crippen LogP contribution in [0.2, 0.25) is 0 Å². The first-order valence-corrected chi connectivity index (χ1v) is 7.00. The van der Waals surface area contributed by atoms with Crippen molar-refractivity contribution in [2.24, 2.45) is 11.8 Å². The monoisotopic (exact) mass is 255 g/mol. The maximum Gasteiger partial charge on any atom is 0.305 e. The average molecular weight is 255 g/mol. The van der Waals surface area contributed by atoms with Gasteiger partial charge in [0.25, 0.3) is 0 Å². The number of carbonyl (C=O) groups is 2. The molecule has 0 spiro atoms. The average Bonchev–Trinajstić information content (AvgIpc) is 2.28. The van der Waals surface area contributed by atoms with E-state index in [4.69, 9.17) is 5.11 Å². The predicted octanol–water partition coefficient (Wildman–Crippen LogP) is 2.57. The normalized spacial score (nSPS) is 18.6. The van der Waals surface area contributed by atoms with Crippen molar-refractivity contribution < 1.29 is 14.7 Å². The molecule has 0 aliphatic heterocycles. The maximum atomic E-state index is 11.9. The fraction of sp³-hybridized carbons (Fsp3) is 0.857. The van der Waals surface area contributed by atoms with Gasteiger partial charge in [-0.15, -0.1) is 0 Å². The lowest BCUT2D eigenvalue weighted by Crippen LogP contribution is -2.40. The summed E-state index contributed by atoms with van der Waals surface area (Å²) < 4.78 is 0. The molecule has 1 saturated carbocycles. The van der Waals surface area contributed by atoms with Crippen LogP contribution in [0.3, 0.4) is 0 Å². The van der Waals surface area contributed by atoms with Gasteiger partial charge in [-0.05, 0) is 24.7 Å². The Labute approximate surface area is 109 Å². The summed E-state index contributed by atoms with van der Waals surface area (Å²) in [7, 11) is 0. The minimum atomic E-state index is -0.855. The largest absolute Gasteiger partial charge is 0.481 e. The molecular formula is C14H25NO3. The van der Waals surface area contributed by atoms with E-state index in [0.29, 0.717) is 12.3 Å². The lowest BCUT2D eigenvalue weighted by atomic mass is 9.86. The number of rotatable bonds is 6. The predicted molar refractivity (Wildman–Crippen MR) is 70.2 cm³/mol. The summed E-state index contributed by atoms with van der Waals surface area (Å²) in [5, 5.41) is 11.7. The van der Waals surface area contributed by atoms with Gasteiger partial charge in [0.15, 0.2) is 0 Å². The number of carboxylic acid groups (broad SMARTS) is 1. The zero-order valence-corrected chi connectivity index (χ0v) is 11.4. The second kappa shape index (κ2) is 7.39. The summed E-state index contributed by atoms with van der Waals surface area (Å²) >= 11 is 0. The van der Waals surface area contributed by atoms with Gasteiger partial charge in [-0.2, -0.15) is 0 Å². The molecule has 1 aliphatic carbocycles. The maximum absolute atomic E-state index is 11.9. The van der Waals surface area contributed by atoms with Gasteiger partial charge in [-0.25, -0.2) is 0 Å². The Kier molecular flexibility index (Phi) is 6.16. The van der Waals surface area contributed by atoms with Crippen molar-refractivity contribution in [3.63, 3.8) is 0 Å². The van der Waals surface area contributed by atoms with Gasteiger partial charge in [-0.3, -0.25) is 9.59 Å². The fourth-order valence-electron chi connectivity index (χ4n) is 2.56. The number of aliphatic carboxylic acids is 1. The van der Waals surface area contributed by atoms with Crippen molar-refractivity contribution in [3.8, 4) is 0 Å². The van der Waals surface area contributed by atoms with Gasteiger partial charge in [0.1, 0.15) is 0 Å². The topological polar surface area (TPSA) is 66.4 Å². The first kappa shape index (κ1) is 15.0. The van der Waals surface area contributed by atoms with E-state index in [2.05, 4.69) is 5.32 Å². The van der Waals surface area contributed by atoms with E-state index >= 15 is 0 Å². The number of nitrogens with one attached hydrogen (secondary N) is 1. The van der Waals surface area contributed by atoms with Crippen LogP contribution in [0.25, 0.3) is 0 Å². The summed E-state index contributed by atoms with van der Waals surface area (Å²) in [4.78, 5) is 22.6. The van der Waals surface area contributed by atoms with E-state index < -0.39 is 5.97 Å². The van der Waals surface area contributed by atoms with Crippen LogP contribution < -0.4 is 5.32 Å². The number of carboxylic acids is 1. The molecule has 1 aliphatic rings. The molecule has 0 radical (unpaired) electrons. The van der Waals surface area contributed by atoms with Gasteiger partial charge in [-0.1, -0.05) is 33.1 Å². The molecule has 1 amide bonds. The SMILES string of the molecule is CC(C)C(CC(=O)O)NC(=O)CC1CCCCC1. The molecule has 4 heteroatoms. The van der Waals surface area contributed by atoms with E-state index in [1.54, 1.807) is 0 Å². The summed E-state index contributed by atoms with van der Waals surface area (Å²) in [6.07, 6.45) is 6.57. The van der Waals surface area contributed by atoms with E-state index in [9.17, 15) is 9.59 Å². The molecule has 1 rings (SSSR count). The zero-order valence-electron chi connectivity index (χ0n) is 11.4. The molecule has 0 aromatic rings. The Morgan fingerprint density at radius 2 is 1.83 bits per heavy atom. The summed E-state index contributed by atoms with van der Waals surface area (Å²) in [5.74, 6) is -0.193. The number of hydrogen-bond donors (Lipinski definition) is 2. The molecule has 1 atom stereocenters. The molecule has 0 aromatic heterocycles. The molecule has 4 nitrogen and oxygen atoms in total. The Morgan fingerprint density at radius 1 is 1.22 bits per heavy atom. The Balaban J connectivity index is 2.37. The molecule has 18 heavy (non-hydrogen) atoms. The highest BCUT2D eigenvalue weighted by Gasteiger charge is 2.22. The van der Waals surface area contributed by atoms with Crippen molar-refractivity contribution in [3.05, 3.63) is 0 Å². The van der Waals surface area contributed by atoms with E-state index in [1.165, 1.54) is 19.3 Å². The number of carbonyl (C=O) groups excluding carboxylic acids is 1. The first-order valence-electron chi connectivity index (χ1n) is 7.00. The molecule has 2 N–H and O–H groups in total. The minimum Gasteiger partial charge on any atom is -0.481 e. The molecule has 1 fully saturated rings. The van der Waals surface area contributed by atoms with Crippen molar-refractivity contribution in [2.75, 3.05) is 0 Å². The quantitative estimate of drug-likeness (QED) is 0.766. The highest BCUT2D eigenvalue weighted by Crippen LogP contribution is 2.26. The molecule has 0 heterocycles. The molecule has 104 valence electrons. The van der Waals surface area contributed by atoms with Crippen LogP contribution in [0, 0.1) is 11.8 Å². The van der Waals surface area contributed by atoms with Crippen LogP contribution in [-0.2, 0) is 9.59 Å². The Hall–Kier alpha value is -1.06. The molecular weight excluding hydrogens is 230 g/mol. The fourth-order valence-corrected chi connectivity index (χ4v) is 2.56. The van der Waals surface area contributed by atoms with Crippen LogP contribution in [0.5, 0.6) is 0 Å². The summed E-state index contributed by atoms with van der Waals surface area (Å²) in [5.41, 5.74) is 0. The van der Waals surface area contributed by atoms with Gasteiger partial charge in [0.05, 0.1) is 6.42 Å². The highest BCUT2D eigenvalue weighted by atomic mass is 16.4. The van der Waals surface area contributed by atoms with E-state index in [-0.39, 0.29) is 24.3 Å². The van der Waals surface area contributed by atoms with Crippen LogP contribution in [0.15, 0.2) is 0 Å². The van der Waals surface area contributed by atoms with Gasteiger partial charge >= 0.3 is 5.97 Å². The standard InChI is InChI=1S/C14H25NO3/c1-10(2)12(9-14(17)18)15-13(16)8-11-6-4-3-5-7-11/h10-12H,3-9H2,1-2H3,(H,15,16)(H,17,18). The lowest BCUT2D eigenvalue weighted by Gasteiger charge is -2.24. The van der Waals surface area contributed by atoms with E-state index in [0.717, 1.165) is 12.8 Å². The molecule has 0 aromatic carbocycles. The number of amides is 1. The second-order valence-corrected chi connectivity index (χ2v) is 5.72. The summed E-state index contributed by atoms with van der Waals surface area (Å²) in [6.45, 7) is 3.88. The lowest BCUT2D eigenvalue weighted by molar-refractivity contribution is -0.138. The highest BCUT2D eigenvalue weighted by molar-refractivity contribution is 5.77. The summed E-state index contributed by atoms with van der Waals surface area (Å²) in [6, 6.07) is -0.251. The second-order valence-electron chi connectivity index (χ2n) is 5.72. The minimum absolute atomic E-state index is 0.00801. The third-order valence-electron chi connectivity index (χ3n) is 3.74. The van der Waals surface area contributed by atoms with Crippen LogP contribution in [0.1, 0.15) is 58.8 Å². The van der Waals surface area contributed by atoms with E-state index in [1.807, 2.05) is 13.8 Å². The van der Waals surface area contributed by atoms with Crippen LogP contribution >= 0.6 is 0 Å². The molecule has 0 saturated heterocycles. The van der Waals surface area contributed by atoms with Crippen LogP contribution in [-0.4, -0.2) is 23.0 Å². The zero-order chi connectivity index (χ0) is 13.5. The smallest absolute Gasteiger partial charge is 0.305 e.